The summed E-state index contributed by atoms with van der Waals surface area (Å²) in [7, 11) is 0. The van der Waals surface area contributed by atoms with Crippen molar-refractivity contribution in [3.63, 3.8) is 0 Å². The van der Waals surface area contributed by atoms with Gasteiger partial charge in [-0.25, -0.2) is 0 Å². The van der Waals surface area contributed by atoms with Gasteiger partial charge in [0.05, 0.1) is 13.0 Å². The summed E-state index contributed by atoms with van der Waals surface area (Å²) in [5, 5.41) is 9.46. The number of hydrogen-bond acceptors (Lipinski definition) is 3. The van der Waals surface area contributed by atoms with Crippen LogP contribution in [0.3, 0.4) is 0 Å². The second-order valence-electron chi connectivity index (χ2n) is 7.79. The molecule has 0 radical (unpaired) electrons. The largest absolute Gasteiger partial charge is 0.493 e. The normalized spacial score (nSPS) is 17.3. The van der Waals surface area contributed by atoms with Crippen LogP contribution in [-0.2, 0) is 11.2 Å². The lowest BCUT2D eigenvalue weighted by Gasteiger charge is -2.25. The number of aliphatic carboxylic acids is 1. The molecule has 1 heterocycles. The fourth-order valence-corrected chi connectivity index (χ4v) is 4.21. The first-order valence-electron chi connectivity index (χ1n) is 10.5. The SMILES string of the molecule is CC1C(CC(=O)O)c2cc(OCCc3ccccc3)ccc2N1C(=O)c1ccccc1. The fourth-order valence-electron chi connectivity index (χ4n) is 4.21. The molecule has 0 spiro atoms. The highest BCUT2D eigenvalue weighted by Crippen LogP contribution is 2.45. The lowest BCUT2D eigenvalue weighted by Crippen LogP contribution is -2.37. The Balaban J connectivity index is 1.58. The number of carbonyl (C=O) groups excluding carboxylic acids is 1. The molecule has 0 saturated carbocycles. The van der Waals surface area contributed by atoms with Crippen LogP contribution in [0.4, 0.5) is 5.69 Å². The van der Waals surface area contributed by atoms with E-state index in [0.717, 1.165) is 17.7 Å². The molecule has 1 N–H and O–H groups in total. The highest BCUT2D eigenvalue weighted by atomic mass is 16.5. The van der Waals surface area contributed by atoms with Gasteiger partial charge in [0.2, 0.25) is 0 Å². The van der Waals surface area contributed by atoms with Gasteiger partial charge in [0, 0.05) is 29.6 Å². The van der Waals surface area contributed by atoms with Crippen LogP contribution < -0.4 is 9.64 Å². The zero-order valence-corrected chi connectivity index (χ0v) is 17.4. The van der Waals surface area contributed by atoms with Gasteiger partial charge in [0.1, 0.15) is 5.75 Å². The maximum absolute atomic E-state index is 13.2. The number of carboxylic acid groups (broad SMARTS) is 1. The fraction of sp³-hybridized carbons (Fsp3) is 0.231. The van der Waals surface area contributed by atoms with Crippen LogP contribution >= 0.6 is 0 Å². The summed E-state index contributed by atoms with van der Waals surface area (Å²) in [5.41, 5.74) is 3.37. The first-order valence-corrected chi connectivity index (χ1v) is 10.5. The van der Waals surface area contributed by atoms with Gasteiger partial charge in [0.25, 0.3) is 5.91 Å². The lowest BCUT2D eigenvalue weighted by molar-refractivity contribution is -0.137. The Morgan fingerprint density at radius 2 is 1.65 bits per heavy atom. The molecule has 2 unspecified atom stereocenters. The van der Waals surface area contributed by atoms with Crippen molar-refractivity contribution in [3.05, 3.63) is 95.6 Å². The van der Waals surface area contributed by atoms with Gasteiger partial charge in [-0.05, 0) is 48.4 Å². The van der Waals surface area contributed by atoms with Gasteiger partial charge in [-0.15, -0.1) is 0 Å². The molecule has 1 aliphatic rings. The molecule has 5 nitrogen and oxygen atoms in total. The summed E-state index contributed by atoms with van der Waals surface area (Å²) in [5.74, 6) is -0.615. The van der Waals surface area contributed by atoms with E-state index in [-0.39, 0.29) is 24.3 Å². The van der Waals surface area contributed by atoms with Crippen molar-refractivity contribution in [2.24, 2.45) is 0 Å². The molecule has 0 aliphatic carbocycles. The van der Waals surface area contributed by atoms with E-state index >= 15 is 0 Å². The molecule has 3 aromatic carbocycles. The molecule has 0 saturated heterocycles. The Morgan fingerprint density at radius 1 is 0.968 bits per heavy atom. The summed E-state index contributed by atoms with van der Waals surface area (Å²) < 4.78 is 5.95. The number of carboxylic acids is 1. The number of fused-ring (bicyclic) bond motifs is 1. The van der Waals surface area contributed by atoms with Crippen LogP contribution in [-0.4, -0.2) is 29.6 Å². The summed E-state index contributed by atoms with van der Waals surface area (Å²) in [6.45, 7) is 2.43. The zero-order valence-electron chi connectivity index (χ0n) is 17.4. The van der Waals surface area contributed by atoms with Crippen LogP contribution in [0.25, 0.3) is 0 Å². The first-order chi connectivity index (χ1) is 15.0. The summed E-state index contributed by atoms with van der Waals surface area (Å²) in [4.78, 5) is 26.5. The molecule has 0 bridgehead atoms. The van der Waals surface area contributed by atoms with Crippen molar-refractivity contribution < 1.29 is 19.4 Å². The molecule has 1 aliphatic heterocycles. The van der Waals surface area contributed by atoms with E-state index in [1.807, 2.05) is 61.5 Å². The minimum atomic E-state index is -0.882. The third kappa shape index (κ3) is 4.45. The zero-order chi connectivity index (χ0) is 21.8. The molecule has 5 heteroatoms. The van der Waals surface area contributed by atoms with E-state index in [1.54, 1.807) is 17.0 Å². The van der Waals surface area contributed by atoms with E-state index in [1.165, 1.54) is 5.56 Å². The second kappa shape index (κ2) is 9.04. The molecular weight excluding hydrogens is 390 g/mol. The number of hydrogen-bond donors (Lipinski definition) is 1. The molecule has 2 atom stereocenters. The standard InChI is InChI=1S/C26H25NO4/c1-18-22(17-25(28)29)23-16-21(31-15-14-19-8-4-2-5-9-19)12-13-24(23)27(18)26(30)20-10-6-3-7-11-20/h2-13,16,18,22H,14-15,17H2,1H3,(H,28,29). The van der Waals surface area contributed by atoms with E-state index in [0.29, 0.717) is 17.9 Å². The van der Waals surface area contributed by atoms with Gasteiger partial charge >= 0.3 is 5.97 Å². The van der Waals surface area contributed by atoms with Gasteiger partial charge in [-0.1, -0.05) is 48.5 Å². The Labute approximate surface area is 181 Å². The number of benzene rings is 3. The molecular formula is C26H25NO4. The van der Waals surface area contributed by atoms with Gasteiger partial charge in [0.15, 0.2) is 0 Å². The Bertz CT molecular complexity index is 1070. The molecule has 158 valence electrons. The highest BCUT2D eigenvalue weighted by Gasteiger charge is 2.40. The van der Waals surface area contributed by atoms with Crippen molar-refractivity contribution in [1.82, 2.24) is 0 Å². The van der Waals surface area contributed by atoms with Crippen molar-refractivity contribution in [2.75, 3.05) is 11.5 Å². The monoisotopic (exact) mass is 415 g/mol. The van der Waals surface area contributed by atoms with Crippen LogP contribution in [0.1, 0.15) is 40.7 Å². The number of rotatable bonds is 7. The Morgan fingerprint density at radius 3 is 2.32 bits per heavy atom. The number of ether oxygens (including phenoxy) is 1. The van der Waals surface area contributed by atoms with E-state index in [2.05, 4.69) is 12.1 Å². The van der Waals surface area contributed by atoms with E-state index < -0.39 is 5.97 Å². The van der Waals surface area contributed by atoms with Crippen molar-refractivity contribution in [2.45, 2.75) is 31.7 Å². The van der Waals surface area contributed by atoms with Crippen LogP contribution in [0, 0.1) is 0 Å². The Hall–Kier alpha value is -3.60. The van der Waals surface area contributed by atoms with E-state index in [4.69, 9.17) is 4.74 Å². The number of nitrogens with zero attached hydrogens (tertiary/aromatic N) is 1. The van der Waals surface area contributed by atoms with Crippen molar-refractivity contribution >= 4 is 17.6 Å². The molecule has 0 aromatic heterocycles. The average Bonchev–Trinajstić information content (AvgIpc) is 3.05. The average molecular weight is 415 g/mol. The molecule has 1 amide bonds. The lowest BCUT2D eigenvalue weighted by atomic mass is 9.92. The third-order valence-electron chi connectivity index (χ3n) is 5.78. The van der Waals surface area contributed by atoms with Crippen LogP contribution in [0.15, 0.2) is 78.9 Å². The summed E-state index contributed by atoms with van der Waals surface area (Å²) >= 11 is 0. The minimum absolute atomic E-state index is 0.0415. The second-order valence-corrected chi connectivity index (χ2v) is 7.79. The topological polar surface area (TPSA) is 66.8 Å². The number of carbonyl (C=O) groups is 2. The molecule has 0 fully saturated rings. The predicted octanol–water partition coefficient (Wildman–Crippen LogP) is 4.92. The van der Waals surface area contributed by atoms with Crippen molar-refractivity contribution in [1.29, 1.82) is 0 Å². The molecule has 4 rings (SSSR count). The molecule has 31 heavy (non-hydrogen) atoms. The summed E-state index contributed by atoms with van der Waals surface area (Å²) in [6.07, 6.45) is 0.742. The highest BCUT2D eigenvalue weighted by molar-refractivity contribution is 6.08. The smallest absolute Gasteiger partial charge is 0.304 e. The number of anilines is 1. The maximum Gasteiger partial charge on any atom is 0.304 e. The summed E-state index contributed by atoms with van der Waals surface area (Å²) in [6, 6.07) is 24.5. The Kier molecular flexibility index (Phi) is 6.03. The maximum atomic E-state index is 13.2. The minimum Gasteiger partial charge on any atom is -0.493 e. The van der Waals surface area contributed by atoms with Gasteiger partial charge in [-0.3, -0.25) is 9.59 Å². The first kappa shape index (κ1) is 20.7. The quantitative estimate of drug-likeness (QED) is 0.595. The van der Waals surface area contributed by atoms with E-state index in [9.17, 15) is 14.7 Å². The third-order valence-corrected chi connectivity index (χ3v) is 5.78. The predicted molar refractivity (Wildman–Crippen MR) is 120 cm³/mol. The van der Waals surface area contributed by atoms with Crippen LogP contribution in [0.5, 0.6) is 5.75 Å². The van der Waals surface area contributed by atoms with Crippen molar-refractivity contribution in [3.8, 4) is 5.75 Å². The number of amides is 1. The molecule has 3 aromatic rings. The van der Waals surface area contributed by atoms with Crippen LogP contribution in [0.2, 0.25) is 0 Å². The van der Waals surface area contributed by atoms with Gasteiger partial charge in [-0.2, -0.15) is 0 Å². The van der Waals surface area contributed by atoms with Gasteiger partial charge < -0.3 is 14.7 Å².